The highest BCUT2D eigenvalue weighted by Gasteiger charge is 2.15. The Morgan fingerprint density at radius 2 is 2.00 bits per heavy atom. The fourth-order valence-corrected chi connectivity index (χ4v) is 2.53. The van der Waals surface area contributed by atoms with Crippen LogP contribution in [0.5, 0.6) is 0 Å². The van der Waals surface area contributed by atoms with Gasteiger partial charge in [0.1, 0.15) is 0 Å². The summed E-state index contributed by atoms with van der Waals surface area (Å²) in [5.74, 6) is 0. The maximum atomic E-state index is 4.40. The van der Waals surface area contributed by atoms with Gasteiger partial charge in [-0.05, 0) is 38.2 Å². The SMILES string of the molecule is C/C=C\c1c(CC)cncc1N1CCCCC1. The summed E-state index contributed by atoms with van der Waals surface area (Å²) < 4.78 is 0. The molecule has 0 amide bonds. The van der Waals surface area contributed by atoms with E-state index in [0.29, 0.717) is 0 Å². The second-order valence-corrected chi connectivity index (χ2v) is 4.63. The molecular weight excluding hydrogens is 208 g/mol. The van der Waals surface area contributed by atoms with Gasteiger partial charge in [0.05, 0.1) is 11.9 Å². The van der Waals surface area contributed by atoms with E-state index in [2.05, 4.69) is 35.9 Å². The zero-order chi connectivity index (χ0) is 12.1. The lowest BCUT2D eigenvalue weighted by Gasteiger charge is -2.30. The third-order valence-corrected chi connectivity index (χ3v) is 3.46. The van der Waals surface area contributed by atoms with Crippen molar-refractivity contribution in [1.29, 1.82) is 0 Å². The maximum Gasteiger partial charge on any atom is 0.0628 e. The van der Waals surface area contributed by atoms with Crippen LogP contribution in [0.1, 0.15) is 44.2 Å². The quantitative estimate of drug-likeness (QED) is 0.787. The smallest absolute Gasteiger partial charge is 0.0628 e. The number of piperidine rings is 1. The summed E-state index contributed by atoms with van der Waals surface area (Å²) in [6, 6.07) is 0. The van der Waals surface area contributed by atoms with Crippen molar-refractivity contribution in [2.24, 2.45) is 0 Å². The summed E-state index contributed by atoms with van der Waals surface area (Å²) in [7, 11) is 0. The highest BCUT2D eigenvalue weighted by atomic mass is 15.1. The van der Waals surface area contributed by atoms with Crippen LogP contribution in [0.25, 0.3) is 6.08 Å². The van der Waals surface area contributed by atoms with Gasteiger partial charge >= 0.3 is 0 Å². The van der Waals surface area contributed by atoms with Gasteiger partial charge in [-0.2, -0.15) is 0 Å². The third-order valence-electron chi connectivity index (χ3n) is 3.46. The molecule has 0 unspecified atom stereocenters. The zero-order valence-corrected chi connectivity index (χ0v) is 10.9. The number of anilines is 1. The van der Waals surface area contributed by atoms with E-state index >= 15 is 0 Å². The number of hydrogen-bond donors (Lipinski definition) is 0. The Balaban J connectivity index is 2.37. The standard InChI is InChI=1S/C15H22N2/c1-3-8-14-13(4-2)11-16-12-15(14)17-9-6-5-7-10-17/h3,8,11-12H,4-7,9-10H2,1-2H3/b8-3-. The first-order chi connectivity index (χ1) is 8.36. The summed E-state index contributed by atoms with van der Waals surface area (Å²) in [6.45, 7) is 6.64. The number of nitrogens with zero attached hydrogens (tertiary/aromatic N) is 2. The molecule has 0 N–H and O–H groups in total. The number of aromatic nitrogens is 1. The molecule has 1 fully saturated rings. The molecule has 92 valence electrons. The molecule has 0 bridgehead atoms. The van der Waals surface area contributed by atoms with Gasteiger partial charge in [-0.3, -0.25) is 4.98 Å². The summed E-state index contributed by atoms with van der Waals surface area (Å²) >= 11 is 0. The molecule has 0 aliphatic carbocycles. The lowest BCUT2D eigenvalue weighted by Crippen LogP contribution is -2.30. The molecule has 0 spiro atoms. The molecule has 2 rings (SSSR count). The van der Waals surface area contributed by atoms with Crippen molar-refractivity contribution in [3.05, 3.63) is 29.6 Å². The molecule has 0 aromatic carbocycles. The summed E-state index contributed by atoms with van der Waals surface area (Å²) in [6.07, 6.45) is 13.4. The molecule has 0 saturated carbocycles. The number of pyridine rings is 1. The number of hydrogen-bond acceptors (Lipinski definition) is 2. The maximum absolute atomic E-state index is 4.40. The van der Waals surface area contributed by atoms with Crippen molar-refractivity contribution >= 4 is 11.8 Å². The Morgan fingerprint density at radius 1 is 1.24 bits per heavy atom. The molecule has 2 nitrogen and oxygen atoms in total. The van der Waals surface area contributed by atoms with Crippen LogP contribution in [-0.4, -0.2) is 18.1 Å². The molecule has 2 heteroatoms. The van der Waals surface area contributed by atoms with Crippen LogP contribution in [0, 0.1) is 0 Å². The van der Waals surface area contributed by atoms with Crippen molar-refractivity contribution < 1.29 is 0 Å². The van der Waals surface area contributed by atoms with E-state index in [1.165, 1.54) is 49.2 Å². The van der Waals surface area contributed by atoms with Gasteiger partial charge in [0.15, 0.2) is 0 Å². The topological polar surface area (TPSA) is 16.1 Å². The summed E-state index contributed by atoms with van der Waals surface area (Å²) in [4.78, 5) is 6.89. The number of allylic oxidation sites excluding steroid dienone is 1. The molecule has 0 radical (unpaired) electrons. The van der Waals surface area contributed by atoms with Crippen LogP contribution in [0.2, 0.25) is 0 Å². The third kappa shape index (κ3) is 2.68. The zero-order valence-electron chi connectivity index (χ0n) is 10.9. The van der Waals surface area contributed by atoms with Gasteiger partial charge in [-0.1, -0.05) is 19.1 Å². The van der Waals surface area contributed by atoms with E-state index in [-0.39, 0.29) is 0 Å². The highest BCUT2D eigenvalue weighted by Crippen LogP contribution is 2.27. The molecular formula is C15H22N2. The van der Waals surface area contributed by atoms with Gasteiger partial charge in [0, 0.05) is 24.8 Å². The van der Waals surface area contributed by atoms with E-state index in [1.54, 1.807) is 0 Å². The number of rotatable bonds is 3. The van der Waals surface area contributed by atoms with Crippen LogP contribution in [-0.2, 0) is 6.42 Å². The fraction of sp³-hybridized carbons (Fsp3) is 0.533. The Morgan fingerprint density at radius 3 is 2.65 bits per heavy atom. The van der Waals surface area contributed by atoms with E-state index in [9.17, 15) is 0 Å². The minimum atomic E-state index is 1.05. The molecule has 1 saturated heterocycles. The van der Waals surface area contributed by atoms with Crippen molar-refractivity contribution in [2.45, 2.75) is 39.5 Å². The number of aryl methyl sites for hydroxylation is 1. The van der Waals surface area contributed by atoms with Crippen LogP contribution in [0.15, 0.2) is 18.5 Å². The lowest BCUT2D eigenvalue weighted by molar-refractivity contribution is 0.577. The molecule has 1 aliphatic heterocycles. The Labute approximate surface area is 104 Å². The van der Waals surface area contributed by atoms with E-state index in [4.69, 9.17) is 0 Å². The minimum absolute atomic E-state index is 1.05. The first-order valence-corrected chi connectivity index (χ1v) is 6.71. The normalized spacial score (nSPS) is 16.7. The Kier molecular flexibility index (Phi) is 4.18. The van der Waals surface area contributed by atoms with Gasteiger partial charge in [-0.25, -0.2) is 0 Å². The second kappa shape index (κ2) is 5.85. The summed E-state index contributed by atoms with van der Waals surface area (Å²) in [5.41, 5.74) is 4.04. The molecule has 1 aromatic rings. The second-order valence-electron chi connectivity index (χ2n) is 4.63. The first-order valence-electron chi connectivity index (χ1n) is 6.71. The molecule has 1 aromatic heterocycles. The van der Waals surface area contributed by atoms with E-state index in [1.807, 2.05) is 12.4 Å². The molecule has 1 aliphatic rings. The van der Waals surface area contributed by atoms with E-state index in [0.717, 1.165) is 6.42 Å². The van der Waals surface area contributed by atoms with Crippen LogP contribution in [0.3, 0.4) is 0 Å². The Hall–Kier alpha value is -1.31. The predicted octanol–water partition coefficient (Wildman–Crippen LogP) is 3.67. The van der Waals surface area contributed by atoms with Crippen LogP contribution < -0.4 is 4.90 Å². The average Bonchev–Trinajstić information content (AvgIpc) is 2.40. The van der Waals surface area contributed by atoms with Crippen molar-refractivity contribution in [3.8, 4) is 0 Å². The molecule has 2 heterocycles. The first kappa shape index (κ1) is 12.2. The van der Waals surface area contributed by atoms with Crippen molar-refractivity contribution in [2.75, 3.05) is 18.0 Å². The highest BCUT2D eigenvalue weighted by molar-refractivity contribution is 5.69. The monoisotopic (exact) mass is 230 g/mol. The molecule has 17 heavy (non-hydrogen) atoms. The van der Waals surface area contributed by atoms with Gasteiger partial charge < -0.3 is 4.90 Å². The van der Waals surface area contributed by atoms with Gasteiger partial charge in [0.2, 0.25) is 0 Å². The lowest BCUT2D eigenvalue weighted by atomic mass is 10.0. The summed E-state index contributed by atoms with van der Waals surface area (Å²) in [5, 5.41) is 0. The van der Waals surface area contributed by atoms with Crippen LogP contribution >= 0.6 is 0 Å². The Bertz CT molecular complexity index is 390. The van der Waals surface area contributed by atoms with Gasteiger partial charge in [0.25, 0.3) is 0 Å². The van der Waals surface area contributed by atoms with E-state index < -0.39 is 0 Å². The van der Waals surface area contributed by atoms with Crippen molar-refractivity contribution in [3.63, 3.8) is 0 Å². The predicted molar refractivity (Wildman–Crippen MR) is 74.4 cm³/mol. The largest absolute Gasteiger partial charge is 0.370 e. The molecule has 0 atom stereocenters. The van der Waals surface area contributed by atoms with Crippen LogP contribution in [0.4, 0.5) is 5.69 Å². The average molecular weight is 230 g/mol. The van der Waals surface area contributed by atoms with Crippen molar-refractivity contribution in [1.82, 2.24) is 4.98 Å². The minimum Gasteiger partial charge on any atom is -0.370 e. The van der Waals surface area contributed by atoms with Gasteiger partial charge in [-0.15, -0.1) is 0 Å². The fourth-order valence-electron chi connectivity index (χ4n) is 2.53.